The van der Waals surface area contributed by atoms with E-state index in [-0.39, 0.29) is 36.2 Å². The van der Waals surface area contributed by atoms with Gasteiger partial charge in [0.05, 0.1) is 17.9 Å². The zero-order chi connectivity index (χ0) is 27.1. The molecular formula is C27H17F2N7O3. The third-order valence-electron chi connectivity index (χ3n) is 6.43. The Morgan fingerprint density at radius 1 is 1.10 bits per heavy atom. The molecule has 6 rings (SSSR count). The van der Waals surface area contributed by atoms with Crippen LogP contribution in [0.1, 0.15) is 33.6 Å². The van der Waals surface area contributed by atoms with Crippen molar-refractivity contribution in [3.63, 3.8) is 0 Å². The molecular weight excluding hydrogens is 508 g/mol. The summed E-state index contributed by atoms with van der Waals surface area (Å²) in [5.41, 5.74) is 6.86. The molecule has 0 saturated heterocycles. The summed E-state index contributed by atoms with van der Waals surface area (Å²) in [7, 11) is 0. The van der Waals surface area contributed by atoms with E-state index in [9.17, 15) is 9.18 Å². The van der Waals surface area contributed by atoms with Crippen molar-refractivity contribution < 1.29 is 23.0 Å². The van der Waals surface area contributed by atoms with E-state index in [0.29, 0.717) is 33.7 Å². The molecule has 5 heterocycles. The number of ether oxygens (including phenoxy) is 2. The first kappa shape index (κ1) is 23.9. The molecule has 0 radical (unpaired) electrons. The van der Waals surface area contributed by atoms with E-state index in [1.807, 2.05) is 6.07 Å². The number of carbonyl (C=O) groups is 1. The largest absolute Gasteiger partial charge is 0.465 e. The van der Waals surface area contributed by atoms with Gasteiger partial charge in [-0.3, -0.25) is 4.79 Å². The Morgan fingerprint density at radius 2 is 1.97 bits per heavy atom. The van der Waals surface area contributed by atoms with Gasteiger partial charge in [-0.15, -0.1) is 0 Å². The van der Waals surface area contributed by atoms with Crippen molar-refractivity contribution >= 4 is 17.6 Å². The van der Waals surface area contributed by atoms with Crippen LogP contribution in [0.3, 0.4) is 0 Å². The Bertz CT molecular complexity index is 1720. The number of halogens is 2. The SMILES string of the molecule is N#Cc1ccc(C(=O)Nc2ccc3c(c2)C2(CCOC(N)=N2)c2cc(-c4ccnc(F)c4)nc(F)c2O3)nc1. The molecule has 1 atom stereocenters. The highest BCUT2D eigenvalue weighted by atomic mass is 19.1. The van der Waals surface area contributed by atoms with Gasteiger partial charge in [0.15, 0.2) is 5.75 Å². The number of carbonyl (C=O) groups excluding carboxylic acids is 1. The molecule has 192 valence electrons. The molecule has 1 spiro atoms. The predicted molar refractivity (Wildman–Crippen MR) is 134 cm³/mol. The van der Waals surface area contributed by atoms with E-state index < -0.39 is 23.3 Å². The first-order valence-electron chi connectivity index (χ1n) is 11.7. The topological polar surface area (TPSA) is 148 Å². The van der Waals surface area contributed by atoms with Gasteiger partial charge in [-0.2, -0.15) is 14.0 Å². The molecule has 12 heteroatoms. The Morgan fingerprint density at radius 3 is 2.72 bits per heavy atom. The average molecular weight is 525 g/mol. The van der Waals surface area contributed by atoms with E-state index in [4.69, 9.17) is 20.5 Å². The molecule has 3 aromatic heterocycles. The number of pyridine rings is 3. The van der Waals surface area contributed by atoms with Crippen LogP contribution in [0.25, 0.3) is 11.3 Å². The smallest absolute Gasteiger partial charge is 0.283 e. The van der Waals surface area contributed by atoms with E-state index in [0.717, 1.165) is 6.07 Å². The quantitative estimate of drug-likeness (QED) is 0.381. The molecule has 0 aliphatic carbocycles. The Labute approximate surface area is 219 Å². The second-order valence-corrected chi connectivity index (χ2v) is 8.76. The van der Waals surface area contributed by atoms with Crippen LogP contribution in [0.5, 0.6) is 11.5 Å². The van der Waals surface area contributed by atoms with Crippen molar-refractivity contribution in [2.45, 2.75) is 12.0 Å². The molecule has 39 heavy (non-hydrogen) atoms. The summed E-state index contributed by atoms with van der Waals surface area (Å²) >= 11 is 0. The highest BCUT2D eigenvalue weighted by molar-refractivity contribution is 6.03. The number of aliphatic imine (C=N–C) groups is 1. The lowest BCUT2D eigenvalue weighted by atomic mass is 9.77. The maximum atomic E-state index is 15.4. The lowest BCUT2D eigenvalue weighted by molar-refractivity contribution is 0.102. The van der Waals surface area contributed by atoms with Gasteiger partial charge in [0, 0.05) is 47.3 Å². The van der Waals surface area contributed by atoms with Crippen LogP contribution in [-0.2, 0) is 10.3 Å². The van der Waals surface area contributed by atoms with Crippen molar-refractivity contribution in [2.24, 2.45) is 10.7 Å². The van der Waals surface area contributed by atoms with E-state index in [1.54, 1.807) is 24.3 Å². The number of nitriles is 1. The van der Waals surface area contributed by atoms with Crippen LogP contribution in [0, 0.1) is 23.2 Å². The van der Waals surface area contributed by atoms with Gasteiger partial charge >= 0.3 is 0 Å². The molecule has 1 unspecified atom stereocenters. The lowest BCUT2D eigenvalue weighted by Gasteiger charge is -2.39. The molecule has 0 fully saturated rings. The number of rotatable bonds is 3. The number of nitrogens with zero attached hydrogens (tertiary/aromatic N) is 5. The summed E-state index contributed by atoms with van der Waals surface area (Å²) in [4.78, 5) is 29.0. The Balaban J connectivity index is 1.46. The van der Waals surface area contributed by atoms with Gasteiger partial charge in [-0.25, -0.2) is 19.9 Å². The van der Waals surface area contributed by atoms with Crippen LogP contribution in [-0.4, -0.2) is 33.5 Å². The van der Waals surface area contributed by atoms with Gasteiger partial charge in [0.1, 0.15) is 23.1 Å². The molecule has 1 aromatic carbocycles. The number of nitrogens with two attached hydrogens (primary N) is 1. The first-order chi connectivity index (χ1) is 18.9. The number of nitrogens with one attached hydrogen (secondary N) is 1. The number of amides is 1. The van der Waals surface area contributed by atoms with Crippen molar-refractivity contribution in [1.29, 1.82) is 5.26 Å². The molecule has 4 aromatic rings. The fraction of sp³-hybridized carbons (Fsp3) is 0.111. The van der Waals surface area contributed by atoms with Crippen LogP contribution in [0.4, 0.5) is 14.5 Å². The minimum absolute atomic E-state index is 0.106. The van der Waals surface area contributed by atoms with Gasteiger partial charge in [-0.05, 0) is 42.5 Å². The number of hydrogen-bond donors (Lipinski definition) is 2. The zero-order valence-corrected chi connectivity index (χ0v) is 20.0. The first-order valence-corrected chi connectivity index (χ1v) is 11.7. The minimum Gasteiger partial charge on any atom is -0.465 e. The molecule has 2 aliphatic rings. The molecule has 0 bridgehead atoms. The highest BCUT2D eigenvalue weighted by Gasteiger charge is 2.46. The van der Waals surface area contributed by atoms with Crippen LogP contribution >= 0.6 is 0 Å². The maximum Gasteiger partial charge on any atom is 0.283 e. The standard InChI is InChI=1S/C27H17F2N7O3/c28-22-9-15(5-7-32-22)20-11-18-23(24(29)35-20)39-21-4-2-16(10-17(21)27(18)6-8-38-26(31)36-27)34-25(37)19-3-1-14(12-30)13-33-19/h1-5,7,9-11,13H,6,8H2,(H2,31,36)(H,34,37). The Hall–Kier alpha value is -5.44. The summed E-state index contributed by atoms with van der Waals surface area (Å²) in [5, 5.41) is 11.7. The van der Waals surface area contributed by atoms with E-state index >= 15 is 4.39 Å². The molecule has 0 saturated carbocycles. The summed E-state index contributed by atoms with van der Waals surface area (Å²) in [6.45, 7) is 0.170. The third-order valence-corrected chi connectivity index (χ3v) is 6.43. The van der Waals surface area contributed by atoms with Crippen molar-refractivity contribution in [1.82, 2.24) is 15.0 Å². The lowest BCUT2D eigenvalue weighted by Crippen LogP contribution is -2.39. The molecule has 3 N–H and O–H groups in total. The van der Waals surface area contributed by atoms with Crippen LogP contribution in [0.15, 0.2) is 65.9 Å². The number of benzene rings is 1. The third kappa shape index (κ3) is 4.15. The van der Waals surface area contributed by atoms with Crippen molar-refractivity contribution in [3.8, 4) is 28.8 Å². The molecule has 1 amide bonds. The van der Waals surface area contributed by atoms with Crippen molar-refractivity contribution in [3.05, 3.63) is 95.2 Å². The van der Waals surface area contributed by atoms with E-state index in [2.05, 4.69) is 25.3 Å². The molecule has 10 nitrogen and oxygen atoms in total. The van der Waals surface area contributed by atoms with E-state index in [1.165, 1.54) is 30.6 Å². The normalized spacial score (nSPS) is 17.1. The minimum atomic E-state index is -1.25. The summed E-state index contributed by atoms with van der Waals surface area (Å²) in [5.74, 6) is -2.00. The van der Waals surface area contributed by atoms with Gasteiger partial charge in [-0.1, -0.05) is 0 Å². The number of fused-ring (bicyclic) bond motifs is 4. The predicted octanol–water partition coefficient (Wildman–Crippen LogP) is 4.03. The Kier molecular flexibility index (Phi) is 5.61. The van der Waals surface area contributed by atoms with Crippen LogP contribution in [0.2, 0.25) is 0 Å². The average Bonchev–Trinajstić information content (AvgIpc) is 2.94. The molecule has 2 aliphatic heterocycles. The zero-order valence-electron chi connectivity index (χ0n) is 20.0. The summed E-state index contributed by atoms with van der Waals surface area (Å²) < 4.78 is 40.5. The highest BCUT2D eigenvalue weighted by Crippen LogP contribution is 2.53. The number of hydrogen-bond acceptors (Lipinski definition) is 9. The van der Waals surface area contributed by atoms with Crippen LogP contribution < -0.4 is 15.8 Å². The van der Waals surface area contributed by atoms with Gasteiger partial charge in [0.25, 0.3) is 17.9 Å². The number of amidine groups is 1. The van der Waals surface area contributed by atoms with Gasteiger partial charge in [0.2, 0.25) is 5.95 Å². The van der Waals surface area contributed by atoms with Gasteiger partial charge < -0.3 is 20.5 Å². The maximum absolute atomic E-state index is 15.4. The monoisotopic (exact) mass is 525 g/mol. The second-order valence-electron chi connectivity index (χ2n) is 8.76. The fourth-order valence-electron chi connectivity index (χ4n) is 4.65. The van der Waals surface area contributed by atoms with Crippen molar-refractivity contribution in [2.75, 3.05) is 11.9 Å². The number of aromatic nitrogens is 3. The fourth-order valence-corrected chi connectivity index (χ4v) is 4.65. The summed E-state index contributed by atoms with van der Waals surface area (Å²) in [6, 6.07) is 13.8. The second kappa shape index (κ2) is 9.14. The number of anilines is 1. The summed E-state index contributed by atoms with van der Waals surface area (Å²) in [6.07, 6.45) is 2.82.